The largest absolute Gasteiger partial charge is 0.388 e. The van der Waals surface area contributed by atoms with Crippen molar-refractivity contribution in [3.05, 3.63) is 45.9 Å². The van der Waals surface area contributed by atoms with E-state index in [9.17, 15) is 5.11 Å². The highest BCUT2D eigenvalue weighted by Crippen LogP contribution is 2.21. The first-order chi connectivity index (χ1) is 9.10. The molecule has 3 nitrogen and oxygen atoms in total. The Labute approximate surface area is 118 Å². The molecule has 1 aromatic carbocycles. The zero-order valence-corrected chi connectivity index (χ0v) is 12.4. The van der Waals surface area contributed by atoms with Crippen LogP contribution >= 0.6 is 11.3 Å². The summed E-state index contributed by atoms with van der Waals surface area (Å²) in [6, 6.07) is 8.08. The maximum absolute atomic E-state index is 9.77. The molecule has 0 aliphatic rings. The fourth-order valence-corrected chi connectivity index (χ4v) is 2.61. The zero-order valence-electron chi connectivity index (χ0n) is 11.6. The fraction of sp³-hybridized carbons (Fsp3) is 0.400. The van der Waals surface area contributed by atoms with Crippen LogP contribution in [0, 0.1) is 6.92 Å². The van der Waals surface area contributed by atoms with Crippen molar-refractivity contribution in [3.63, 3.8) is 0 Å². The van der Waals surface area contributed by atoms with Gasteiger partial charge >= 0.3 is 0 Å². The summed E-state index contributed by atoms with van der Waals surface area (Å²) in [5.41, 5.74) is 3.21. The van der Waals surface area contributed by atoms with E-state index >= 15 is 0 Å². The topological polar surface area (TPSA) is 36.4 Å². The Kier molecular flexibility index (Phi) is 4.56. The minimum absolute atomic E-state index is 0.361. The SMILES string of the molecule is CC[C@@H](O)c1ccc(N(C)Cc2csc(C)n2)cc1. The molecule has 1 N–H and O–H groups in total. The summed E-state index contributed by atoms with van der Waals surface area (Å²) >= 11 is 1.68. The predicted molar refractivity (Wildman–Crippen MR) is 80.7 cm³/mol. The third kappa shape index (κ3) is 3.55. The van der Waals surface area contributed by atoms with E-state index in [-0.39, 0.29) is 6.10 Å². The van der Waals surface area contributed by atoms with E-state index in [0.717, 1.165) is 34.9 Å². The van der Waals surface area contributed by atoms with Gasteiger partial charge in [-0.3, -0.25) is 0 Å². The molecule has 0 spiro atoms. The van der Waals surface area contributed by atoms with Crippen LogP contribution in [0.5, 0.6) is 0 Å². The second-order valence-electron chi connectivity index (χ2n) is 4.73. The van der Waals surface area contributed by atoms with Crippen LogP contribution in [0.1, 0.15) is 35.7 Å². The Balaban J connectivity index is 2.05. The number of aliphatic hydroxyl groups is 1. The molecular formula is C15H20N2OS. The van der Waals surface area contributed by atoms with Crippen LogP contribution in [0.15, 0.2) is 29.6 Å². The van der Waals surface area contributed by atoms with Crippen molar-refractivity contribution in [2.75, 3.05) is 11.9 Å². The Bertz CT molecular complexity index is 521. The van der Waals surface area contributed by atoms with Crippen molar-refractivity contribution in [1.29, 1.82) is 0 Å². The molecule has 2 rings (SSSR count). The van der Waals surface area contributed by atoms with Crippen LogP contribution in [-0.2, 0) is 6.54 Å². The van der Waals surface area contributed by atoms with E-state index < -0.39 is 0 Å². The lowest BCUT2D eigenvalue weighted by Gasteiger charge is -2.19. The van der Waals surface area contributed by atoms with Crippen molar-refractivity contribution in [3.8, 4) is 0 Å². The summed E-state index contributed by atoms with van der Waals surface area (Å²) in [7, 11) is 2.06. The molecule has 0 aliphatic carbocycles. The fourth-order valence-electron chi connectivity index (χ4n) is 2.00. The number of rotatable bonds is 5. The van der Waals surface area contributed by atoms with E-state index in [1.165, 1.54) is 0 Å². The maximum Gasteiger partial charge on any atom is 0.0898 e. The summed E-state index contributed by atoms with van der Waals surface area (Å²) in [5.74, 6) is 0. The molecule has 0 saturated heterocycles. The van der Waals surface area contributed by atoms with E-state index in [2.05, 4.69) is 22.3 Å². The Morgan fingerprint density at radius 1 is 1.32 bits per heavy atom. The van der Waals surface area contributed by atoms with Crippen molar-refractivity contribution in [2.45, 2.75) is 32.9 Å². The molecule has 19 heavy (non-hydrogen) atoms. The van der Waals surface area contributed by atoms with Crippen LogP contribution in [0.2, 0.25) is 0 Å². The van der Waals surface area contributed by atoms with Crippen LogP contribution in [0.25, 0.3) is 0 Å². The molecule has 0 bridgehead atoms. The average Bonchev–Trinajstić information content (AvgIpc) is 2.83. The highest BCUT2D eigenvalue weighted by molar-refractivity contribution is 7.09. The summed E-state index contributed by atoms with van der Waals surface area (Å²) < 4.78 is 0. The van der Waals surface area contributed by atoms with Gasteiger partial charge in [-0.15, -0.1) is 11.3 Å². The first-order valence-corrected chi connectivity index (χ1v) is 7.38. The Morgan fingerprint density at radius 2 is 2.00 bits per heavy atom. The highest BCUT2D eigenvalue weighted by atomic mass is 32.1. The highest BCUT2D eigenvalue weighted by Gasteiger charge is 2.07. The standard InChI is InChI=1S/C15H20N2OS/c1-4-15(18)12-5-7-14(8-6-12)17(3)9-13-10-19-11(2)16-13/h5-8,10,15,18H,4,9H2,1-3H3/t15-/m1/s1. The van der Waals surface area contributed by atoms with Crippen molar-refractivity contribution in [1.82, 2.24) is 4.98 Å². The predicted octanol–water partition coefficient (Wildman–Crippen LogP) is 3.53. The van der Waals surface area contributed by atoms with E-state index in [4.69, 9.17) is 0 Å². The van der Waals surface area contributed by atoms with Crippen LogP contribution in [-0.4, -0.2) is 17.1 Å². The molecule has 0 fully saturated rings. The molecular weight excluding hydrogens is 256 g/mol. The Morgan fingerprint density at radius 3 is 2.53 bits per heavy atom. The lowest BCUT2D eigenvalue weighted by atomic mass is 10.1. The number of hydrogen-bond donors (Lipinski definition) is 1. The zero-order chi connectivity index (χ0) is 13.8. The number of aliphatic hydroxyl groups excluding tert-OH is 1. The van der Waals surface area contributed by atoms with Gasteiger partial charge in [0.25, 0.3) is 0 Å². The first-order valence-electron chi connectivity index (χ1n) is 6.50. The summed E-state index contributed by atoms with van der Waals surface area (Å²) in [6.45, 7) is 4.81. The number of hydrogen-bond acceptors (Lipinski definition) is 4. The summed E-state index contributed by atoms with van der Waals surface area (Å²) in [5, 5.41) is 13.0. The van der Waals surface area contributed by atoms with Crippen molar-refractivity contribution >= 4 is 17.0 Å². The number of thiazole rings is 1. The molecule has 0 radical (unpaired) electrons. The minimum Gasteiger partial charge on any atom is -0.388 e. The molecule has 0 saturated carbocycles. The third-order valence-electron chi connectivity index (χ3n) is 3.17. The van der Waals surface area contributed by atoms with Gasteiger partial charge in [0, 0.05) is 18.1 Å². The quantitative estimate of drug-likeness (QED) is 0.907. The minimum atomic E-state index is -0.361. The maximum atomic E-state index is 9.77. The normalized spacial score (nSPS) is 12.4. The molecule has 2 aromatic rings. The molecule has 0 aliphatic heterocycles. The molecule has 4 heteroatoms. The van der Waals surface area contributed by atoms with Crippen molar-refractivity contribution in [2.24, 2.45) is 0 Å². The van der Waals surface area contributed by atoms with Crippen LogP contribution in [0.3, 0.4) is 0 Å². The second kappa shape index (κ2) is 6.17. The lowest BCUT2D eigenvalue weighted by molar-refractivity contribution is 0.173. The molecule has 0 amide bonds. The summed E-state index contributed by atoms with van der Waals surface area (Å²) in [4.78, 5) is 6.64. The van der Waals surface area contributed by atoms with Gasteiger partial charge < -0.3 is 10.0 Å². The average molecular weight is 276 g/mol. The molecule has 102 valence electrons. The molecule has 1 aromatic heterocycles. The van der Waals surface area contributed by atoms with Crippen molar-refractivity contribution < 1.29 is 5.11 Å². The van der Waals surface area contributed by atoms with E-state index in [1.54, 1.807) is 11.3 Å². The second-order valence-corrected chi connectivity index (χ2v) is 5.79. The third-order valence-corrected chi connectivity index (χ3v) is 3.99. The van der Waals surface area contributed by atoms with Gasteiger partial charge in [-0.1, -0.05) is 19.1 Å². The molecule has 1 atom stereocenters. The van der Waals surface area contributed by atoms with Gasteiger partial charge in [0.15, 0.2) is 0 Å². The summed E-state index contributed by atoms with van der Waals surface area (Å²) in [6.07, 6.45) is 0.383. The monoisotopic (exact) mass is 276 g/mol. The Hall–Kier alpha value is -1.39. The van der Waals surface area contributed by atoms with Gasteiger partial charge in [0.1, 0.15) is 0 Å². The number of aryl methyl sites for hydroxylation is 1. The molecule has 1 heterocycles. The molecule has 0 unspecified atom stereocenters. The van der Waals surface area contributed by atoms with E-state index in [0.29, 0.717) is 0 Å². The van der Waals surface area contributed by atoms with Gasteiger partial charge in [0.2, 0.25) is 0 Å². The smallest absolute Gasteiger partial charge is 0.0898 e. The van der Waals surface area contributed by atoms with Crippen LogP contribution in [0.4, 0.5) is 5.69 Å². The van der Waals surface area contributed by atoms with Gasteiger partial charge in [-0.25, -0.2) is 4.98 Å². The number of aromatic nitrogens is 1. The lowest BCUT2D eigenvalue weighted by Crippen LogP contribution is -2.16. The number of nitrogens with zero attached hydrogens (tertiary/aromatic N) is 2. The van der Waals surface area contributed by atoms with Gasteiger partial charge in [0.05, 0.1) is 23.4 Å². The van der Waals surface area contributed by atoms with Crippen LogP contribution < -0.4 is 4.90 Å². The van der Waals surface area contributed by atoms with Gasteiger partial charge in [-0.05, 0) is 31.0 Å². The van der Waals surface area contributed by atoms with E-state index in [1.807, 2.05) is 38.1 Å². The van der Waals surface area contributed by atoms with Gasteiger partial charge in [-0.2, -0.15) is 0 Å². The number of benzene rings is 1. The first kappa shape index (κ1) is 14.0. The number of anilines is 1.